The number of nitrogens with zero attached hydrogens (tertiary/aromatic N) is 2. The normalized spacial score (nSPS) is 15.0. The number of hydrogen-bond acceptors (Lipinski definition) is 4. The number of benzene rings is 1. The van der Waals surface area contributed by atoms with Gasteiger partial charge in [0.2, 0.25) is 5.91 Å². The van der Waals surface area contributed by atoms with Crippen molar-refractivity contribution in [3.8, 4) is 11.3 Å². The van der Waals surface area contributed by atoms with E-state index in [2.05, 4.69) is 5.16 Å². The van der Waals surface area contributed by atoms with Gasteiger partial charge >= 0.3 is 0 Å². The number of halogens is 1. The van der Waals surface area contributed by atoms with Gasteiger partial charge in [-0.25, -0.2) is 4.39 Å². The molecule has 0 spiro atoms. The SMILES string of the molecule is O=C(CCc1cnoc1-c1ccc(F)cc1)N1CCSCC1. The third-order valence-corrected chi connectivity index (χ3v) is 4.67. The largest absolute Gasteiger partial charge is 0.356 e. The van der Waals surface area contributed by atoms with E-state index in [-0.39, 0.29) is 11.7 Å². The van der Waals surface area contributed by atoms with Crippen LogP contribution in [0.3, 0.4) is 0 Å². The zero-order valence-electron chi connectivity index (χ0n) is 12.1. The van der Waals surface area contributed by atoms with E-state index in [0.29, 0.717) is 18.6 Å². The Morgan fingerprint density at radius 3 is 2.73 bits per heavy atom. The van der Waals surface area contributed by atoms with Gasteiger partial charge in [0, 0.05) is 42.1 Å². The van der Waals surface area contributed by atoms with Crippen molar-refractivity contribution in [3.63, 3.8) is 0 Å². The molecule has 2 aromatic rings. The standard InChI is InChI=1S/C16H17FN2O2S/c17-14-4-1-12(2-5-14)16-13(11-18-21-16)3-6-15(20)19-7-9-22-10-8-19/h1-2,4-5,11H,3,6-10H2. The Morgan fingerprint density at radius 1 is 1.27 bits per heavy atom. The van der Waals surface area contributed by atoms with E-state index in [9.17, 15) is 9.18 Å². The predicted molar refractivity (Wildman–Crippen MR) is 84.1 cm³/mol. The summed E-state index contributed by atoms with van der Waals surface area (Å²) in [4.78, 5) is 14.1. The molecule has 4 nitrogen and oxygen atoms in total. The molecular formula is C16H17FN2O2S. The lowest BCUT2D eigenvalue weighted by atomic mass is 10.1. The average Bonchev–Trinajstić information content (AvgIpc) is 3.02. The van der Waals surface area contributed by atoms with Gasteiger partial charge < -0.3 is 9.42 Å². The molecule has 0 N–H and O–H groups in total. The Hall–Kier alpha value is -1.82. The zero-order chi connectivity index (χ0) is 15.4. The van der Waals surface area contributed by atoms with E-state index in [1.165, 1.54) is 12.1 Å². The molecule has 0 bridgehead atoms. The summed E-state index contributed by atoms with van der Waals surface area (Å²) in [6.07, 6.45) is 2.66. The number of thioether (sulfide) groups is 1. The Bertz CT molecular complexity index is 636. The Morgan fingerprint density at radius 2 is 2.00 bits per heavy atom. The first kappa shape index (κ1) is 15.1. The van der Waals surface area contributed by atoms with Crippen molar-refractivity contribution < 1.29 is 13.7 Å². The molecule has 3 rings (SSSR count). The molecule has 2 heterocycles. The van der Waals surface area contributed by atoms with E-state index in [0.717, 1.165) is 35.7 Å². The second-order valence-corrected chi connectivity index (χ2v) is 6.40. The summed E-state index contributed by atoms with van der Waals surface area (Å²) in [5, 5.41) is 3.81. The number of rotatable bonds is 4. The number of aromatic nitrogens is 1. The third-order valence-electron chi connectivity index (χ3n) is 3.72. The van der Waals surface area contributed by atoms with Crippen molar-refractivity contribution >= 4 is 17.7 Å². The van der Waals surface area contributed by atoms with Gasteiger partial charge in [-0.1, -0.05) is 5.16 Å². The molecule has 22 heavy (non-hydrogen) atoms. The van der Waals surface area contributed by atoms with Crippen LogP contribution in [0.5, 0.6) is 0 Å². The van der Waals surface area contributed by atoms with Crippen LogP contribution in [0.2, 0.25) is 0 Å². The highest BCUT2D eigenvalue weighted by Crippen LogP contribution is 2.25. The first-order chi connectivity index (χ1) is 10.7. The van der Waals surface area contributed by atoms with Gasteiger partial charge in [-0.3, -0.25) is 4.79 Å². The van der Waals surface area contributed by atoms with Gasteiger partial charge in [-0.2, -0.15) is 11.8 Å². The highest BCUT2D eigenvalue weighted by atomic mass is 32.2. The van der Waals surface area contributed by atoms with Crippen LogP contribution in [0.15, 0.2) is 35.0 Å². The molecule has 0 atom stereocenters. The molecule has 0 unspecified atom stereocenters. The molecule has 1 aromatic carbocycles. The third kappa shape index (κ3) is 3.50. The summed E-state index contributed by atoms with van der Waals surface area (Å²) < 4.78 is 18.3. The molecule has 0 saturated carbocycles. The molecule has 0 radical (unpaired) electrons. The summed E-state index contributed by atoms with van der Waals surface area (Å²) in [5.41, 5.74) is 1.65. The first-order valence-corrected chi connectivity index (χ1v) is 8.44. The van der Waals surface area contributed by atoms with E-state index in [1.54, 1.807) is 18.3 Å². The van der Waals surface area contributed by atoms with Crippen molar-refractivity contribution in [1.82, 2.24) is 10.1 Å². The fourth-order valence-electron chi connectivity index (χ4n) is 2.49. The minimum absolute atomic E-state index is 0.173. The Kier molecular flexibility index (Phi) is 4.77. The van der Waals surface area contributed by atoms with Crippen LogP contribution in [-0.4, -0.2) is 40.6 Å². The van der Waals surface area contributed by atoms with Crippen LogP contribution >= 0.6 is 11.8 Å². The highest BCUT2D eigenvalue weighted by molar-refractivity contribution is 7.99. The molecule has 1 aliphatic rings. The minimum atomic E-state index is -0.289. The van der Waals surface area contributed by atoms with Gasteiger partial charge in [0.05, 0.1) is 6.20 Å². The Labute approximate surface area is 132 Å². The second kappa shape index (κ2) is 6.96. The molecular weight excluding hydrogens is 303 g/mol. The highest BCUT2D eigenvalue weighted by Gasteiger charge is 2.18. The predicted octanol–water partition coefficient (Wildman–Crippen LogP) is 2.99. The van der Waals surface area contributed by atoms with Crippen molar-refractivity contribution in [2.24, 2.45) is 0 Å². The monoisotopic (exact) mass is 320 g/mol. The lowest BCUT2D eigenvalue weighted by Gasteiger charge is -2.26. The summed E-state index contributed by atoms with van der Waals surface area (Å²) in [6.45, 7) is 1.66. The van der Waals surface area contributed by atoms with E-state index in [4.69, 9.17) is 4.52 Å². The van der Waals surface area contributed by atoms with E-state index < -0.39 is 0 Å². The van der Waals surface area contributed by atoms with Crippen LogP contribution in [0.25, 0.3) is 11.3 Å². The maximum absolute atomic E-state index is 13.0. The van der Waals surface area contributed by atoms with Crippen LogP contribution in [0, 0.1) is 5.82 Å². The lowest BCUT2D eigenvalue weighted by Crippen LogP contribution is -2.37. The summed E-state index contributed by atoms with van der Waals surface area (Å²) in [7, 11) is 0. The zero-order valence-corrected chi connectivity index (χ0v) is 12.9. The molecule has 1 aliphatic heterocycles. The van der Waals surface area contributed by atoms with Crippen molar-refractivity contribution in [1.29, 1.82) is 0 Å². The molecule has 6 heteroatoms. The molecule has 0 aliphatic carbocycles. The summed E-state index contributed by atoms with van der Waals surface area (Å²) in [5.74, 6) is 2.52. The number of carbonyl (C=O) groups excluding carboxylic acids is 1. The quantitative estimate of drug-likeness (QED) is 0.869. The molecule has 1 saturated heterocycles. The van der Waals surface area contributed by atoms with Crippen LogP contribution in [0.4, 0.5) is 4.39 Å². The first-order valence-electron chi connectivity index (χ1n) is 7.29. The van der Waals surface area contributed by atoms with E-state index >= 15 is 0 Å². The van der Waals surface area contributed by atoms with Crippen LogP contribution < -0.4 is 0 Å². The van der Waals surface area contributed by atoms with Crippen LogP contribution in [0.1, 0.15) is 12.0 Å². The Balaban J connectivity index is 1.65. The van der Waals surface area contributed by atoms with Crippen molar-refractivity contribution in [2.75, 3.05) is 24.6 Å². The molecule has 1 amide bonds. The molecule has 1 aromatic heterocycles. The molecule has 116 valence electrons. The summed E-state index contributed by atoms with van der Waals surface area (Å²) >= 11 is 1.88. The smallest absolute Gasteiger partial charge is 0.222 e. The van der Waals surface area contributed by atoms with Crippen molar-refractivity contribution in [3.05, 3.63) is 41.8 Å². The lowest BCUT2D eigenvalue weighted by molar-refractivity contribution is -0.130. The van der Waals surface area contributed by atoms with Crippen molar-refractivity contribution in [2.45, 2.75) is 12.8 Å². The van der Waals surface area contributed by atoms with E-state index in [1.807, 2.05) is 16.7 Å². The van der Waals surface area contributed by atoms with Gasteiger partial charge in [-0.05, 0) is 30.7 Å². The average molecular weight is 320 g/mol. The van der Waals surface area contributed by atoms with Gasteiger partial charge in [-0.15, -0.1) is 0 Å². The number of carbonyl (C=O) groups is 1. The maximum atomic E-state index is 13.0. The fourth-order valence-corrected chi connectivity index (χ4v) is 3.39. The van der Waals surface area contributed by atoms with Gasteiger partial charge in [0.15, 0.2) is 5.76 Å². The topological polar surface area (TPSA) is 46.3 Å². The van der Waals surface area contributed by atoms with Gasteiger partial charge in [0.25, 0.3) is 0 Å². The van der Waals surface area contributed by atoms with Crippen LogP contribution in [-0.2, 0) is 11.2 Å². The molecule has 1 fully saturated rings. The second-order valence-electron chi connectivity index (χ2n) is 5.18. The summed E-state index contributed by atoms with van der Waals surface area (Å²) in [6, 6.07) is 6.09. The fraction of sp³-hybridized carbons (Fsp3) is 0.375. The maximum Gasteiger partial charge on any atom is 0.222 e. The minimum Gasteiger partial charge on any atom is -0.356 e. The number of aryl methyl sites for hydroxylation is 1. The number of amides is 1. The number of hydrogen-bond donors (Lipinski definition) is 0. The van der Waals surface area contributed by atoms with Gasteiger partial charge in [0.1, 0.15) is 5.82 Å².